The molecule has 110 valence electrons. The molecule has 3 nitrogen and oxygen atoms in total. The third-order valence-corrected chi connectivity index (χ3v) is 2.93. The second kappa shape index (κ2) is 7.15. The maximum absolute atomic E-state index is 12.0. The number of benzene rings is 1. The van der Waals surface area contributed by atoms with E-state index in [0.29, 0.717) is 6.42 Å². The van der Waals surface area contributed by atoms with Gasteiger partial charge < -0.3 is 10.1 Å². The van der Waals surface area contributed by atoms with Crippen LogP contribution in [0.25, 0.3) is 0 Å². The van der Waals surface area contributed by atoms with Crippen molar-refractivity contribution in [3.8, 4) is 11.8 Å². The Labute approximate surface area is 116 Å². The number of nitrogens with zero attached hydrogens (tertiary/aromatic N) is 1. The molecular formula is C14H17F3N2O. The molecule has 1 aromatic carbocycles. The fraction of sp³-hybridized carbons (Fsp3) is 0.500. The first-order valence-electron chi connectivity index (χ1n) is 6.34. The molecule has 0 heterocycles. The predicted molar refractivity (Wildman–Crippen MR) is 69.0 cm³/mol. The molecule has 0 bridgehead atoms. The van der Waals surface area contributed by atoms with E-state index in [-0.39, 0.29) is 17.8 Å². The summed E-state index contributed by atoms with van der Waals surface area (Å²) in [5, 5.41) is 11.9. The number of ether oxygens (including phenoxy) is 1. The summed E-state index contributed by atoms with van der Waals surface area (Å²) in [7, 11) is 0. The van der Waals surface area contributed by atoms with Crippen LogP contribution >= 0.6 is 0 Å². The van der Waals surface area contributed by atoms with Gasteiger partial charge in [0.1, 0.15) is 5.75 Å². The van der Waals surface area contributed by atoms with Crippen molar-refractivity contribution in [2.75, 3.05) is 0 Å². The van der Waals surface area contributed by atoms with Gasteiger partial charge in [0.25, 0.3) is 0 Å². The first-order valence-corrected chi connectivity index (χ1v) is 6.34. The molecule has 6 heteroatoms. The Balaban J connectivity index is 2.66. The highest BCUT2D eigenvalue weighted by molar-refractivity contribution is 5.29. The topological polar surface area (TPSA) is 45.0 Å². The van der Waals surface area contributed by atoms with Crippen LogP contribution in [0.5, 0.6) is 5.75 Å². The zero-order valence-corrected chi connectivity index (χ0v) is 11.4. The van der Waals surface area contributed by atoms with Crippen molar-refractivity contribution in [1.29, 1.82) is 5.26 Å². The number of halogens is 3. The third kappa shape index (κ3) is 5.49. The Kier molecular flexibility index (Phi) is 5.83. The minimum absolute atomic E-state index is 0.0479. The fourth-order valence-electron chi connectivity index (χ4n) is 1.84. The number of rotatable bonds is 6. The molecule has 0 amide bonds. The lowest BCUT2D eigenvalue weighted by molar-refractivity contribution is -0.274. The molecule has 0 spiro atoms. The van der Waals surface area contributed by atoms with Crippen molar-refractivity contribution in [3.63, 3.8) is 0 Å². The van der Waals surface area contributed by atoms with E-state index in [1.54, 1.807) is 12.1 Å². The highest BCUT2D eigenvalue weighted by Gasteiger charge is 2.31. The van der Waals surface area contributed by atoms with Gasteiger partial charge in [-0.25, -0.2) is 0 Å². The summed E-state index contributed by atoms with van der Waals surface area (Å²) in [5.41, 5.74) is 0.843. The van der Waals surface area contributed by atoms with Crippen molar-refractivity contribution < 1.29 is 17.9 Å². The summed E-state index contributed by atoms with van der Waals surface area (Å²) >= 11 is 0. The Morgan fingerprint density at radius 3 is 2.35 bits per heavy atom. The van der Waals surface area contributed by atoms with E-state index >= 15 is 0 Å². The molecule has 0 saturated heterocycles. The third-order valence-electron chi connectivity index (χ3n) is 2.93. The summed E-state index contributed by atoms with van der Waals surface area (Å²) in [6.07, 6.45) is -3.46. The molecule has 0 aliphatic carbocycles. The van der Waals surface area contributed by atoms with Crippen molar-refractivity contribution in [2.45, 2.75) is 45.1 Å². The van der Waals surface area contributed by atoms with Crippen LogP contribution in [0, 0.1) is 11.3 Å². The number of hydrogen-bond donors (Lipinski definition) is 1. The lowest BCUT2D eigenvalue weighted by Gasteiger charge is -2.20. The van der Waals surface area contributed by atoms with Gasteiger partial charge in [-0.15, -0.1) is 13.2 Å². The molecular weight excluding hydrogens is 269 g/mol. The van der Waals surface area contributed by atoms with E-state index in [1.165, 1.54) is 12.1 Å². The average Bonchev–Trinajstić information content (AvgIpc) is 2.37. The Hall–Kier alpha value is -1.74. The van der Waals surface area contributed by atoms with Crippen LogP contribution in [-0.4, -0.2) is 12.4 Å². The lowest BCUT2D eigenvalue weighted by atomic mass is 10.1. The molecule has 2 unspecified atom stereocenters. The number of hydrogen-bond acceptors (Lipinski definition) is 3. The standard InChI is InChI=1S/C14H17F3N2O/c1-3-12(8-9-18)19-10(2)11-4-6-13(7-5-11)20-14(15,16)17/h4-7,10,12,19H,3,8H2,1-2H3. The average molecular weight is 286 g/mol. The highest BCUT2D eigenvalue weighted by atomic mass is 19.4. The second-order valence-corrected chi connectivity index (χ2v) is 4.47. The normalized spacial score (nSPS) is 14.4. The summed E-state index contributed by atoms with van der Waals surface area (Å²) in [5.74, 6) is -0.238. The maximum atomic E-state index is 12.0. The largest absolute Gasteiger partial charge is 0.573 e. The minimum atomic E-state index is -4.68. The summed E-state index contributed by atoms with van der Waals surface area (Å²) in [6.45, 7) is 3.88. The first-order chi connectivity index (χ1) is 9.35. The number of nitrogens with one attached hydrogen (secondary N) is 1. The monoisotopic (exact) mass is 286 g/mol. The summed E-state index contributed by atoms with van der Waals surface area (Å²) in [4.78, 5) is 0. The minimum Gasteiger partial charge on any atom is -0.406 e. The first kappa shape index (κ1) is 16.3. The van der Waals surface area contributed by atoms with Gasteiger partial charge >= 0.3 is 6.36 Å². The van der Waals surface area contributed by atoms with E-state index < -0.39 is 6.36 Å². The van der Waals surface area contributed by atoms with Gasteiger partial charge in [0, 0.05) is 12.1 Å². The smallest absolute Gasteiger partial charge is 0.406 e. The number of nitriles is 1. The van der Waals surface area contributed by atoms with Gasteiger partial charge in [-0.05, 0) is 31.0 Å². The Morgan fingerprint density at radius 2 is 1.90 bits per heavy atom. The molecule has 2 atom stereocenters. The van der Waals surface area contributed by atoms with Crippen LogP contribution in [-0.2, 0) is 0 Å². The van der Waals surface area contributed by atoms with Gasteiger partial charge in [-0.2, -0.15) is 5.26 Å². The molecule has 0 aromatic heterocycles. The molecule has 0 radical (unpaired) electrons. The summed E-state index contributed by atoms with van der Waals surface area (Å²) < 4.78 is 39.9. The SMILES string of the molecule is CCC(CC#N)NC(C)c1ccc(OC(F)(F)F)cc1. The predicted octanol–water partition coefficient (Wildman–Crippen LogP) is 3.93. The van der Waals surface area contributed by atoms with Crippen molar-refractivity contribution in [1.82, 2.24) is 5.32 Å². The molecule has 0 aliphatic heterocycles. The molecule has 0 fully saturated rings. The van der Waals surface area contributed by atoms with E-state index in [0.717, 1.165) is 12.0 Å². The van der Waals surface area contributed by atoms with Crippen molar-refractivity contribution >= 4 is 0 Å². The highest BCUT2D eigenvalue weighted by Crippen LogP contribution is 2.24. The molecule has 0 saturated carbocycles. The molecule has 1 N–H and O–H groups in total. The van der Waals surface area contributed by atoms with Crippen molar-refractivity contribution in [3.05, 3.63) is 29.8 Å². The fourth-order valence-corrected chi connectivity index (χ4v) is 1.84. The number of alkyl halides is 3. The Morgan fingerprint density at radius 1 is 1.30 bits per heavy atom. The second-order valence-electron chi connectivity index (χ2n) is 4.47. The van der Waals surface area contributed by atoms with Crippen LogP contribution in [0.2, 0.25) is 0 Å². The van der Waals surface area contributed by atoms with Crippen LogP contribution in [0.3, 0.4) is 0 Å². The quantitative estimate of drug-likeness (QED) is 0.861. The zero-order valence-electron chi connectivity index (χ0n) is 11.4. The van der Waals surface area contributed by atoms with Crippen LogP contribution in [0.4, 0.5) is 13.2 Å². The van der Waals surface area contributed by atoms with E-state index in [2.05, 4.69) is 16.1 Å². The van der Waals surface area contributed by atoms with Crippen molar-refractivity contribution in [2.24, 2.45) is 0 Å². The van der Waals surface area contributed by atoms with Gasteiger partial charge in [-0.3, -0.25) is 0 Å². The molecule has 1 aromatic rings. The van der Waals surface area contributed by atoms with Gasteiger partial charge in [0.15, 0.2) is 0 Å². The van der Waals surface area contributed by atoms with E-state index in [1.807, 2.05) is 13.8 Å². The maximum Gasteiger partial charge on any atom is 0.573 e. The van der Waals surface area contributed by atoms with Crippen LogP contribution in [0.1, 0.15) is 38.3 Å². The zero-order chi connectivity index (χ0) is 15.2. The Bertz CT molecular complexity index is 451. The van der Waals surface area contributed by atoms with Crippen LogP contribution < -0.4 is 10.1 Å². The molecule has 1 rings (SSSR count). The lowest BCUT2D eigenvalue weighted by Crippen LogP contribution is -2.30. The van der Waals surface area contributed by atoms with E-state index in [4.69, 9.17) is 5.26 Å². The van der Waals surface area contributed by atoms with E-state index in [9.17, 15) is 13.2 Å². The molecule has 20 heavy (non-hydrogen) atoms. The van der Waals surface area contributed by atoms with Gasteiger partial charge in [-0.1, -0.05) is 19.1 Å². The van der Waals surface area contributed by atoms with Gasteiger partial charge in [0.2, 0.25) is 0 Å². The molecule has 0 aliphatic rings. The van der Waals surface area contributed by atoms with Crippen LogP contribution in [0.15, 0.2) is 24.3 Å². The summed E-state index contributed by atoms with van der Waals surface area (Å²) in [6, 6.07) is 7.86. The van der Waals surface area contributed by atoms with Gasteiger partial charge in [0.05, 0.1) is 12.5 Å².